The van der Waals surface area contributed by atoms with Crippen LogP contribution in [0, 0.1) is 0 Å². The predicted octanol–water partition coefficient (Wildman–Crippen LogP) is 1.56. The average molecular weight is 310 g/mol. The number of carboxylic acids is 2. The van der Waals surface area contributed by atoms with Gasteiger partial charge in [-0.05, 0) is 24.3 Å². The van der Waals surface area contributed by atoms with E-state index in [2.05, 4.69) is 0 Å². The lowest BCUT2D eigenvalue weighted by atomic mass is 10.2. The molecule has 21 heavy (non-hydrogen) atoms. The summed E-state index contributed by atoms with van der Waals surface area (Å²) in [5.74, 6) is -1.76. The van der Waals surface area contributed by atoms with Gasteiger partial charge in [-0.1, -0.05) is 36.4 Å². The Kier molecular flexibility index (Phi) is 9.76. The van der Waals surface area contributed by atoms with Crippen LogP contribution in [0.4, 0.5) is 0 Å². The zero-order valence-electron chi connectivity index (χ0n) is 10.8. The summed E-state index contributed by atoms with van der Waals surface area (Å²) in [4.78, 5) is 20.4. The van der Waals surface area contributed by atoms with E-state index in [1.54, 1.807) is 60.7 Å². The van der Waals surface area contributed by atoms with Gasteiger partial charge in [-0.25, -0.2) is 18.0 Å². The molecule has 0 aliphatic carbocycles. The first kappa shape index (κ1) is 18.3. The van der Waals surface area contributed by atoms with Crippen LogP contribution in [0.1, 0.15) is 20.7 Å². The molecule has 0 heterocycles. The number of hydrogen-bond acceptors (Lipinski definition) is 4. The molecule has 0 saturated heterocycles. The van der Waals surface area contributed by atoms with Gasteiger partial charge in [0.05, 0.1) is 11.1 Å². The Hall–Kier alpha value is -2.67. The minimum Gasteiger partial charge on any atom is -0.478 e. The molecule has 112 valence electrons. The SMILES string of the molecule is O=C(O)c1ccccc1.O=C(O)c1ccccc1.O=[SH2]=O. The van der Waals surface area contributed by atoms with Crippen LogP contribution in [-0.4, -0.2) is 30.6 Å². The number of benzene rings is 2. The molecule has 2 rings (SSSR count). The summed E-state index contributed by atoms with van der Waals surface area (Å²) in [5, 5.41) is 16.8. The van der Waals surface area contributed by atoms with Crippen molar-refractivity contribution in [1.29, 1.82) is 0 Å². The first-order valence-electron chi connectivity index (χ1n) is 5.59. The monoisotopic (exact) mass is 310 g/mol. The van der Waals surface area contributed by atoms with E-state index in [-0.39, 0.29) is 0 Å². The van der Waals surface area contributed by atoms with Gasteiger partial charge >= 0.3 is 11.9 Å². The van der Waals surface area contributed by atoms with Crippen LogP contribution < -0.4 is 0 Å². The van der Waals surface area contributed by atoms with Gasteiger partial charge in [-0.15, -0.1) is 0 Å². The van der Waals surface area contributed by atoms with Gasteiger partial charge in [0.25, 0.3) is 0 Å². The molecule has 0 unspecified atom stereocenters. The van der Waals surface area contributed by atoms with Gasteiger partial charge in [0.2, 0.25) is 0 Å². The van der Waals surface area contributed by atoms with Gasteiger partial charge < -0.3 is 10.2 Å². The molecule has 0 spiro atoms. The van der Waals surface area contributed by atoms with Gasteiger partial charge in [0.1, 0.15) is 11.6 Å². The van der Waals surface area contributed by atoms with E-state index in [4.69, 9.17) is 18.6 Å². The normalized spacial score (nSPS) is 8.38. The van der Waals surface area contributed by atoms with Crippen molar-refractivity contribution >= 4 is 23.5 Å². The van der Waals surface area contributed by atoms with E-state index in [1.807, 2.05) is 0 Å². The molecule has 6 nitrogen and oxygen atoms in total. The van der Waals surface area contributed by atoms with Gasteiger partial charge in [0, 0.05) is 0 Å². The van der Waals surface area contributed by atoms with Gasteiger partial charge in [-0.2, -0.15) is 0 Å². The molecule has 0 aromatic heterocycles. The van der Waals surface area contributed by atoms with Crippen molar-refractivity contribution in [3.05, 3.63) is 71.8 Å². The molecule has 0 saturated carbocycles. The van der Waals surface area contributed by atoms with Crippen molar-refractivity contribution in [2.24, 2.45) is 0 Å². The molecule has 0 fully saturated rings. The minimum absolute atomic E-state index is 0.331. The van der Waals surface area contributed by atoms with Crippen molar-refractivity contribution in [2.45, 2.75) is 0 Å². The molecular formula is C14H14O6S. The molecule has 2 aromatic rings. The second-order valence-electron chi connectivity index (χ2n) is 3.43. The quantitative estimate of drug-likeness (QED) is 0.871. The second-order valence-corrected chi connectivity index (χ2v) is 3.59. The molecule has 0 aliphatic rings. The number of hydrogen-bond donors (Lipinski definition) is 2. The number of carboxylic acid groups (broad SMARTS) is 2. The van der Waals surface area contributed by atoms with Crippen LogP contribution in [0.2, 0.25) is 0 Å². The van der Waals surface area contributed by atoms with Crippen molar-refractivity contribution in [2.75, 3.05) is 0 Å². The summed E-state index contributed by atoms with van der Waals surface area (Å²) in [7, 11) is 0. The highest BCUT2D eigenvalue weighted by molar-refractivity contribution is 7.51. The third-order valence-electron chi connectivity index (χ3n) is 2.04. The zero-order valence-corrected chi connectivity index (χ0v) is 11.8. The first-order valence-corrected chi connectivity index (χ1v) is 6.40. The van der Waals surface area contributed by atoms with E-state index in [0.29, 0.717) is 11.1 Å². The van der Waals surface area contributed by atoms with E-state index in [9.17, 15) is 9.59 Å². The Labute approximate surface area is 124 Å². The number of rotatable bonds is 2. The Morgan fingerprint density at radius 1 is 0.667 bits per heavy atom. The molecule has 0 radical (unpaired) electrons. The largest absolute Gasteiger partial charge is 0.478 e. The molecule has 2 N–H and O–H groups in total. The molecule has 0 bridgehead atoms. The molecule has 0 aliphatic heterocycles. The van der Waals surface area contributed by atoms with Crippen LogP contribution >= 0.6 is 0 Å². The van der Waals surface area contributed by atoms with Crippen molar-refractivity contribution in [1.82, 2.24) is 0 Å². The van der Waals surface area contributed by atoms with Crippen LogP contribution in [-0.2, 0) is 11.6 Å². The number of aromatic carboxylic acids is 2. The summed E-state index contributed by atoms with van der Waals surface area (Å²) in [6.45, 7) is 0. The summed E-state index contributed by atoms with van der Waals surface area (Å²) in [6, 6.07) is 16.6. The molecule has 0 amide bonds. The van der Waals surface area contributed by atoms with Gasteiger partial charge in [-0.3, -0.25) is 0 Å². The Morgan fingerprint density at radius 2 is 0.905 bits per heavy atom. The van der Waals surface area contributed by atoms with Gasteiger partial charge in [0.15, 0.2) is 0 Å². The van der Waals surface area contributed by atoms with E-state index in [1.165, 1.54) is 0 Å². The summed E-state index contributed by atoms with van der Waals surface area (Å²) in [5.41, 5.74) is 0.662. The van der Waals surface area contributed by atoms with Crippen LogP contribution in [0.5, 0.6) is 0 Å². The maximum Gasteiger partial charge on any atom is 0.335 e. The molecule has 0 atom stereocenters. The van der Waals surface area contributed by atoms with E-state index >= 15 is 0 Å². The predicted molar refractivity (Wildman–Crippen MR) is 78.5 cm³/mol. The second kappa shape index (κ2) is 11.2. The smallest absolute Gasteiger partial charge is 0.335 e. The third kappa shape index (κ3) is 8.95. The fourth-order valence-electron chi connectivity index (χ4n) is 1.16. The van der Waals surface area contributed by atoms with E-state index in [0.717, 1.165) is 0 Å². The first-order chi connectivity index (χ1) is 10.0. The highest BCUT2D eigenvalue weighted by atomic mass is 32.1. The van der Waals surface area contributed by atoms with Crippen LogP contribution in [0.3, 0.4) is 0 Å². The fraction of sp³-hybridized carbons (Fsp3) is 0. The summed E-state index contributed by atoms with van der Waals surface area (Å²) in [6.07, 6.45) is 0. The maximum absolute atomic E-state index is 10.2. The van der Waals surface area contributed by atoms with Crippen LogP contribution in [0.25, 0.3) is 0 Å². The Morgan fingerprint density at radius 3 is 1.05 bits per heavy atom. The maximum atomic E-state index is 10.2. The summed E-state index contributed by atoms with van der Waals surface area (Å²) >= 11 is -1.42. The lowest BCUT2D eigenvalue weighted by molar-refractivity contribution is 0.0686. The molecule has 2 aromatic carbocycles. The Balaban J connectivity index is 0.000000322. The highest BCUT2D eigenvalue weighted by Gasteiger charge is 1.97. The summed E-state index contributed by atoms with van der Waals surface area (Å²) < 4.78 is 16.8. The van der Waals surface area contributed by atoms with Crippen molar-refractivity contribution in [3.8, 4) is 0 Å². The average Bonchev–Trinajstić information content (AvgIpc) is 2.50. The third-order valence-corrected chi connectivity index (χ3v) is 2.04. The zero-order chi connectivity index (χ0) is 16.1. The minimum atomic E-state index is -1.42. The fourth-order valence-corrected chi connectivity index (χ4v) is 1.16. The van der Waals surface area contributed by atoms with E-state index < -0.39 is 23.5 Å². The lowest BCUT2D eigenvalue weighted by Gasteiger charge is -1.88. The highest BCUT2D eigenvalue weighted by Crippen LogP contribution is 1.96. The lowest BCUT2D eigenvalue weighted by Crippen LogP contribution is -1.93. The van der Waals surface area contributed by atoms with Crippen LogP contribution in [0.15, 0.2) is 60.7 Å². The Bertz CT molecular complexity index is 542. The topological polar surface area (TPSA) is 109 Å². The standard InChI is InChI=1S/2C7H6O2.H2O2S/c2*8-7(9)6-4-2-1-3-5-6;1-3-2/h2*1-5H,(H,8,9);3H2. The number of carbonyl (C=O) groups is 2. The molecular weight excluding hydrogens is 296 g/mol. The van der Waals surface area contributed by atoms with Crippen molar-refractivity contribution in [3.63, 3.8) is 0 Å². The van der Waals surface area contributed by atoms with Crippen molar-refractivity contribution < 1.29 is 28.2 Å². The molecule has 7 heteroatoms.